The third-order valence-electron chi connectivity index (χ3n) is 3.23. The average molecular weight is 315 g/mol. The summed E-state index contributed by atoms with van der Waals surface area (Å²) in [6.07, 6.45) is 0.672. The third kappa shape index (κ3) is 4.89. The lowest BCUT2D eigenvalue weighted by Gasteiger charge is -2.19. The van der Waals surface area contributed by atoms with Crippen LogP contribution in [-0.2, 0) is 16.3 Å². The Hall–Kier alpha value is -1.27. The van der Waals surface area contributed by atoms with Gasteiger partial charge >= 0.3 is 0 Å². The van der Waals surface area contributed by atoms with Crippen molar-refractivity contribution in [3.8, 4) is 11.5 Å². The van der Waals surface area contributed by atoms with E-state index in [2.05, 4.69) is 0 Å². The van der Waals surface area contributed by atoms with Crippen LogP contribution in [0.4, 0.5) is 0 Å². The molecule has 0 amide bonds. The quantitative estimate of drug-likeness (QED) is 0.830. The van der Waals surface area contributed by atoms with Crippen molar-refractivity contribution in [3.05, 3.63) is 23.8 Å². The van der Waals surface area contributed by atoms with Crippen molar-refractivity contribution < 1.29 is 17.9 Å². The topological polar surface area (TPSA) is 78.6 Å². The molecule has 120 valence electrons. The summed E-state index contributed by atoms with van der Waals surface area (Å²) in [6.45, 7) is 5.68. The van der Waals surface area contributed by atoms with Gasteiger partial charge in [0.15, 0.2) is 9.84 Å². The fourth-order valence-corrected chi connectivity index (χ4v) is 2.64. The van der Waals surface area contributed by atoms with E-state index >= 15 is 0 Å². The number of methoxy groups -OCH3 is 1. The maximum absolute atomic E-state index is 12.1. The first-order chi connectivity index (χ1) is 9.71. The number of sulfone groups is 1. The smallest absolute Gasteiger partial charge is 0.158 e. The molecule has 1 aromatic carbocycles. The SMILES string of the molecule is COc1ccc(CCN)c(OCCS(=O)(=O)C(C)(C)C)c1. The molecule has 0 bridgehead atoms. The molecule has 0 atom stereocenters. The van der Waals surface area contributed by atoms with Gasteiger partial charge in [0, 0.05) is 6.07 Å². The molecule has 5 nitrogen and oxygen atoms in total. The Labute approximate surface area is 127 Å². The van der Waals surface area contributed by atoms with Crippen molar-refractivity contribution in [2.75, 3.05) is 26.0 Å². The van der Waals surface area contributed by atoms with E-state index < -0.39 is 14.6 Å². The molecule has 0 aliphatic rings. The molecule has 6 heteroatoms. The van der Waals surface area contributed by atoms with Gasteiger partial charge in [0.05, 0.1) is 17.6 Å². The second kappa shape index (κ2) is 7.13. The largest absolute Gasteiger partial charge is 0.497 e. The van der Waals surface area contributed by atoms with Crippen molar-refractivity contribution in [2.45, 2.75) is 31.9 Å². The predicted octanol–water partition coefficient (Wildman–Crippen LogP) is 1.79. The molecular formula is C15H25NO4S. The molecule has 0 aromatic heterocycles. The van der Waals surface area contributed by atoms with Gasteiger partial charge in [-0.05, 0) is 45.4 Å². The molecule has 0 aliphatic heterocycles. The summed E-state index contributed by atoms with van der Waals surface area (Å²) >= 11 is 0. The highest BCUT2D eigenvalue weighted by atomic mass is 32.2. The zero-order chi connectivity index (χ0) is 16.1. The molecule has 21 heavy (non-hydrogen) atoms. The van der Waals surface area contributed by atoms with Crippen molar-refractivity contribution in [3.63, 3.8) is 0 Å². The Kier molecular flexibility index (Phi) is 6.04. The highest BCUT2D eigenvalue weighted by Gasteiger charge is 2.28. The summed E-state index contributed by atoms with van der Waals surface area (Å²) in [7, 11) is -1.61. The van der Waals surface area contributed by atoms with E-state index in [1.807, 2.05) is 12.1 Å². The Bertz CT molecular complexity index is 562. The Morgan fingerprint density at radius 2 is 1.90 bits per heavy atom. The first kappa shape index (κ1) is 17.8. The van der Waals surface area contributed by atoms with Crippen molar-refractivity contribution in [1.29, 1.82) is 0 Å². The summed E-state index contributed by atoms with van der Waals surface area (Å²) < 4.78 is 34.1. The number of ether oxygens (including phenoxy) is 2. The van der Waals surface area contributed by atoms with Crippen LogP contribution in [0.15, 0.2) is 18.2 Å². The van der Waals surface area contributed by atoms with Crippen LogP contribution >= 0.6 is 0 Å². The summed E-state index contributed by atoms with van der Waals surface area (Å²) in [5.74, 6) is 1.28. The Morgan fingerprint density at radius 3 is 2.43 bits per heavy atom. The normalized spacial score (nSPS) is 12.2. The minimum atomic E-state index is -3.19. The standard InChI is InChI=1S/C15H25NO4S/c1-15(2,3)21(17,18)10-9-20-14-11-13(19-4)6-5-12(14)7-8-16/h5-6,11H,7-10,16H2,1-4H3. The van der Waals surface area contributed by atoms with Crippen LogP contribution in [-0.4, -0.2) is 39.2 Å². The highest BCUT2D eigenvalue weighted by molar-refractivity contribution is 7.92. The number of hydrogen-bond acceptors (Lipinski definition) is 5. The third-order valence-corrected chi connectivity index (χ3v) is 5.80. The first-order valence-electron chi connectivity index (χ1n) is 6.93. The van der Waals surface area contributed by atoms with Crippen LogP contribution in [0, 0.1) is 0 Å². The lowest BCUT2D eigenvalue weighted by atomic mass is 10.1. The Balaban J connectivity index is 2.79. The summed E-state index contributed by atoms with van der Waals surface area (Å²) in [5, 5.41) is 0. The maximum Gasteiger partial charge on any atom is 0.158 e. The fourth-order valence-electron chi connectivity index (χ4n) is 1.73. The highest BCUT2D eigenvalue weighted by Crippen LogP contribution is 2.25. The lowest BCUT2D eigenvalue weighted by molar-refractivity contribution is 0.332. The molecule has 0 radical (unpaired) electrons. The molecule has 0 fully saturated rings. The van der Waals surface area contributed by atoms with Gasteiger partial charge in [-0.3, -0.25) is 0 Å². The monoisotopic (exact) mass is 315 g/mol. The predicted molar refractivity (Wildman–Crippen MR) is 84.8 cm³/mol. The van der Waals surface area contributed by atoms with Gasteiger partial charge in [-0.1, -0.05) is 6.07 Å². The second-order valence-electron chi connectivity index (χ2n) is 5.79. The van der Waals surface area contributed by atoms with Crippen molar-refractivity contribution in [2.24, 2.45) is 5.73 Å². The van der Waals surface area contributed by atoms with E-state index in [0.29, 0.717) is 24.5 Å². The van der Waals surface area contributed by atoms with E-state index in [-0.39, 0.29) is 12.4 Å². The molecular weight excluding hydrogens is 290 g/mol. The van der Waals surface area contributed by atoms with Gasteiger partial charge in [0.2, 0.25) is 0 Å². The van der Waals surface area contributed by atoms with Gasteiger partial charge in [-0.25, -0.2) is 8.42 Å². The number of hydrogen-bond donors (Lipinski definition) is 1. The van der Waals surface area contributed by atoms with Crippen LogP contribution in [0.25, 0.3) is 0 Å². The zero-order valence-corrected chi connectivity index (χ0v) is 14.0. The van der Waals surface area contributed by atoms with E-state index in [4.69, 9.17) is 15.2 Å². The summed E-state index contributed by atoms with van der Waals surface area (Å²) in [5.41, 5.74) is 6.52. The Morgan fingerprint density at radius 1 is 1.24 bits per heavy atom. The van der Waals surface area contributed by atoms with Gasteiger partial charge in [-0.2, -0.15) is 0 Å². The van der Waals surface area contributed by atoms with Crippen LogP contribution in [0.1, 0.15) is 26.3 Å². The van der Waals surface area contributed by atoms with Gasteiger partial charge in [0.25, 0.3) is 0 Å². The fraction of sp³-hybridized carbons (Fsp3) is 0.600. The average Bonchev–Trinajstić information content (AvgIpc) is 2.39. The number of benzene rings is 1. The molecule has 0 saturated heterocycles. The number of rotatable bonds is 7. The maximum atomic E-state index is 12.1. The van der Waals surface area contributed by atoms with Crippen LogP contribution < -0.4 is 15.2 Å². The van der Waals surface area contributed by atoms with E-state index in [9.17, 15) is 8.42 Å². The molecule has 2 N–H and O–H groups in total. The molecule has 0 aliphatic carbocycles. The van der Waals surface area contributed by atoms with E-state index in [1.54, 1.807) is 33.9 Å². The lowest BCUT2D eigenvalue weighted by Crippen LogP contribution is -2.32. The molecule has 0 spiro atoms. The van der Waals surface area contributed by atoms with Gasteiger partial charge < -0.3 is 15.2 Å². The molecule has 0 heterocycles. The first-order valence-corrected chi connectivity index (χ1v) is 8.58. The molecule has 1 aromatic rings. The molecule has 0 saturated carbocycles. The zero-order valence-electron chi connectivity index (χ0n) is 13.2. The van der Waals surface area contributed by atoms with E-state index in [1.165, 1.54) is 0 Å². The van der Waals surface area contributed by atoms with Crippen molar-refractivity contribution in [1.82, 2.24) is 0 Å². The van der Waals surface area contributed by atoms with Gasteiger partial charge in [0.1, 0.15) is 18.1 Å². The summed E-state index contributed by atoms with van der Waals surface area (Å²) in [6, 6.07) is 5.48. The van der Waals surface area contributed by atoms with Crippen LogP contribution in [0.3, 0.4) is 0 Å². The molecule has 1 rings (SSSR count). The minimum Gasteiger partial charge on any atom is -0.497 e. The van der Waals surface area contributed by atoms with E-state index in [0.717, 1.165) is 5.56 Å². The molecule has 0 unspecified atom stereocenters. The number of nitrogens with two attached hydrogens (primary N) is 1. The minimum absolute atomic E-state index is 0.0181. The van der Waals surface area contributed by atoms with Crippen LogP contribution in [0.5, 0.6) is 11.5 Å². The van der Waals surface area contributed by atoms with Crippen LogP contribution in [0.2, 0.25) is 0 Å². The summed E-state index contributed by atoms with van der Waals surface area (Å²) in [4.78, 5) is 0. The van der Waals surface area contributed by atoms with Crippen molar-refractivity contribution >= 4 is 9.84 Å². The van der Waals surface area contributed by atoms with Gasteiger partial charge in [-0.15, -0.1) is 0 Å². The second-order valence-corrected chi connectivity index (χ2v) is 8.65.